The fourth-order valence-corrected chi connectivity index (χ4v) is 4.12. The Bertz CT molecular complexity index is 1420. The topological polar surface area (TPSA) is 94.1 Å². The van der Waals surface area contributed by atoms with E-state index in [0.29, 0.717) is 59.7 Å². The molecule has 1 aliphatic heterocycles. The minimum Gasteiger partial charge on any atom is -0.508 e. The molecule has 0 radical (unpaired) electrons. The molecule has 1 amide bonds. The van der Waals surface area contributed by atoms with Crippen LogP contribution in [0.3, 0.4) is 0 Å². The van der Waals surface area contributed by atoms with E-state index in [9.17, 15) is 23.1 Å². The zero-order valence-electron chi connectivity index (χ0n) is 19.0. The molecule has 5 rings (SSSR count). The van der Waals surface area contributed by atoms with Crippen molar-refractivity contribution in [3.8, 4) is 17.0 Å². The van der Waals surface area contributed by atoms with Gasteiger partial charge in [-0.2, -0.15) is 18.3 Å². The average Bonchev–Trinajstić information content (AvgIpc) is 3.30. The van der Waals surface area contributed by atoms with Crippen LogP contribution in [-0.2, 0) is 6.18 Å². The van der Waals surface area contributed by atoms with Crippen molar-refractivity contribution in [2.45, 2.75) is 6.18 Å². The molecule has 2 aromatic carbocycles. The summed E-state index contributed by atoms with van der Waals surface area (Å²) in [5, 5.41) is 20.6. The van der Waals surface area contributed by atoms with E-state index in [4.69, 9.17) is 0 Å². The second-order valence-corrected chi connectivity index (χ2v) is 8.43. The van der Waals surface area contributed by atoms with Crippen molar-refractivity contribution in [2.75, 3.05) is 26.2 Å². The third-order valence-corrected chi connectivity index (χ3v) is 6.03. The maximum absolute atomic E-state index is 13.6. The number of nitrogens with zero attached hydrogens (tertiary/aromatic N) is 3. The first-order valence-electron chi connectivity index (χ1n) is 11.3. The number of hydrogen-bond donors (Lipinski definition) is 3. The highest BCUT2D eigenvalue weighted by molar-refractivity contribution is 6.09. The van der Waals surface area contributed by atoms with Gasteiger partial charge in [0.05, 0.1) is 27.9 Å². The summed E-state index contributed by atoms with van der Waals surface area (Å²) in [6.07, 6.45) is -1.11. The highest BCUT2D eigenvalue weighted by Gasteiger charge is 2.30. The number of halogens is 3. The van der Waals surface area contributed by atoms with Crippen molar-refractivity contribution >= 4 is 29.1 Å². The third kappa shape index (κ3) is 4.80. The maximum Gasteiger partial charge on any atom is 0.416 e. The van der Waals surface area contributed by atoms with Crippen LogP contribution in [0, 0.1) is 0 Å². The van der Waals surface area contributed by atoms with Crippen molar-refractivity contribution in [3.05, 3.63) is 77.0 Å². The molecular weight excluding hydrogens is 471 g/mol. The van der Waals surface area contributed by atoms with Gasteiger partial charge in [0.1, 0.15) is 5.75 Å². The van der Waals surface area contributed by atoms with Crippen molar-refractivity contribution in [1.29, 1.82) is 0 Å². The fourth-order valence-electron chi connectivity index (χ4n) is 4.12. The molecule has 1 aliphatic rings. The van der Waals surface area contributed by atoms with Crippen LogP contribution in [0.5, 0.6) is 5.75 Å². The van der Waals surface area contributed by atoms with Gasteiger partial charge in [-0.15, -0.1) is 0 Å². The zero-order valence-corrected chi connectivity index (χ0v) is 19.0. The molecule has 36 heavy (non-hydrogen) atoms. The first-order chi connectivity index (χ1) is 17.3. The number of carbonyl (C=O) groups is 1. The Balaban J connectivity index is 1.56. The number of piperazine rings is 1. The first kappa shape index (κ1) is 23.6. The molecule has 0 bridgehead atoms. The van der Waals surface area contributed by atoms with Gasteiger partial charge in [-0.1, -0.05) is 18.2 Å². The molecule has 184 valence electrons. The number of nitrogens with one attached hydrogen (secondary N) is 2. The third-order valence-electron chi connectivity index (χ3n) is 6.03. The fraction of sp³-hybridized carbons (Fsp3) is 0.192. The van der Waals surface area contributed by atoms with Crippen molar-refractivity contribution < 1.29 is 23.1 Å². The summed E-state index contributed by atoms with van der Waals surface area (Å²) in [4.78, 5) is 20.0. The summed E-state index contributed by atoms with van der Waals surface area (Å²) in [5.41, 5.74) is 2.39. The number of carbonyl (C=O) groups excluding carboxylic acids is 1. The number of pyridine rings is 1. The number of rotatable bonds is 4. The largest absolute Gasteiger partial charge is 0.508 e. The Kier molecular flexibility index (Phi) is 6.19. The lowest BCUT2D eigenvalue weighted by Gasteiger charge is -2.27. The maximum atomic E-state index is 13.6. The van der Waals surface area contributed by atoms with Crippen LogP contribution in [0.15, 0.2) is 54.6 Å². The van der Waals surface area contributed by atoms with E-state index in [-0.39, 0.29) is 11.7 Å². The molecule has 0 unspecified atom stereocenters. The Morgan fingerprint density at radius 2 is 1.69 bits per heavy atom. The molecular formula is C26H22F3N5O2. The predicted molar refractivity (Wildman–Crippen MR) is 130 cm³/mol. The Morgan fingerprint density at radius 3 is 2.36 bits per heavy atom. The highest BCUT2D eigenvalue weighted by Crippen LogP contribution is 2.31. The van der Waals surface area contributed by atoms with Gasteiger partial charge in [-0.25, -0.2) is 4.98 Å². The van der Waals surface area contributed by atoms with E-state index >= 15 is 0 Å². The molecule has 1 saturated heterocycles. The van der Waals surface area contributed by atoms with E-state index in [2.05, 4.69) is 20.5 Å². The average molecular weight is 493 g/mol. The number of amides is 1. The van der Waals surface area contributed by atoms with Crippen molar-refractivity contribution in [3.63, 3.8) is 0 Å². The van der Waals surface area contributed by atoms with Crippen LogP contribution < -0.4 is 5.32 Å². The van der Waals surface area contributed by atoms with Crippen molar-refractivity contribution in [2.24, 2.45) is 0 Å². The van der Waals surface area contributed by atoms with Crippen LogP contribution in [0.4, 0.5) is 13.2 Å². The number of aromatic hydroxyl groups is 1. The first-order valence-corrected chi connectivity index (χ1v) is 11.3. The summed E-state index contributed by atoms with van der Waals surface area (Å²) in [5.74, 6) is -0.0383. The second kappa shape index (κ2) is 9.46. The molecule has 4 aromatic rings. The Morgan fingerprint density at radius 1 is 1.00 bits per heavy atom. The van der Waals surface area contributed by atoms with Gasteiger partial charge >= 0.3 is 6.18 Å². The van der Waals surface area contributed by atoms with E-state index in [0.717, 1.165) is 17.7 Å². The number of hydrogen-bond acceptors (Lipinski definition) is 5. The van der Waals surface area contributed by atoms with Crippen LogP contribution in [-0.4, -0.2) is 57.3 Å². The van der Waals surface area contributed by atoms with Gasteiger partial charge < -0.3 is 15.3 Å². The number of alkyl halides is 3. The smallest absolute Gasteiger partial charge is 0.416 e. The van der Waals surface area contributed by atoms with Gasteiger partial charge in [0, 0.05) is 31.7 Å². The number of fused-ring (bicyclic) bond motifs is 1. The van der Waals surface area contributed by atoms with Crippen LogP contribution in [0.1, 0.15) is 27.2 Å². The number of benzene rings is 2. The van der Waals surface area contributed by atoms with Crippen molar-refractivity contribution in [1.82, 2.24) is 25.4 Å². The molecule has 0 saturated carbocycles. The monoisotopic (exact) mass is 493 g/mol. The number of aromatic nitrogens is 3. The van der Waals surface area contributed by atoms with E-state index in [1.54, 1.807) is 47.4 Å². The van der Waals surface area contributed by atoms with Gasteiger partial charge in [0.15, 0.2) is 5.65 Å². The lowest BCUT2D eigenvalue weighted by Crippen LogP contribution is -2.46. The summed E-state index contributed by atoms with van der Waals surface area (Å²) < 4.78 is 38.6. The van der Waals surface area contributed by atoms with Gasteiger partial charge in [0.2, 0.25) is 0 Å². The highest BCUT2D eigenvalue weighted by atomic mass is 19.4. The van der Waals surface area contributed by atoms with Crippen LogP contribution >= 0.6 is 0 Å². The SMILES string of the molecule is O=C(c1cc(-c2ccc(O)cc2)nc2[nH]nc(/C=C/c3ccc(C(F)(F)F)cc3)c12)N1CCNCC1. The quantitative estimate of drug-likeness (QED) is 0.387. The summed E-state index contributed by atoms with van der Waals surface area (Å²) in [6.45, 7) is 2.51. The molecule has 0 spiro atoms. The summed E-state index contributed by atoms with van der Waals surface area (Å²) in [6, 6.07) is 13.0. The standard InChI is InChI=1S/C26H22F3N5O2/c27-26(28,29)18-6-1-16(2-7-18)3-10-21-23-20(25(36)34-13-11-30-12-14-34)15-22(31-24(23)33-32-21)17-4-8-19(35)9-5-17/h1-10,15,30,35H,11-14H2,(H,31,32,33)/b10-3+. The van der Waals surface area contributed by atoms with E-state index in [1.165, 1.54) is 12.1 Å². The number of phenolic OH excluding ortho intramolecular Hbond substituents is 1. The molecule has 10 heteroatoms. The molecule has 1 fully saturated rings. The normalized spacial score (nSPS) is 14.6. The Hall–Kier alpha value is -4.18. The summed E-state index contributed by atoms with van der Waals surface area (Å²) >= 11 is 0. The predicted octanol–water partition coefficient (Wildman–Crippen LogP) is 4.57. The minimum atomic E-state index is -4.40. The molecule has 7 nitrogen and oxygen atoms in total. The Labute approximate surface area is 204 Å². The number of phenols is 1. The lowest BCUT2D eigenvalue weighted by molar-refractivity contribution is -0.137. The molecule has 0 atom stereocenters. The van der Waals surface area contributed by atoms with E-state index < -0.39 is 11.7 Å². The zero-order chi connectivity index (χ0) is 25.3. The second-order valence-electron chi connectivity index (χ2n) is 8.43. The van der Waals surface area contributed by atoms with E-state index in [1.807, 2.05) is 0 Å². The number of aromatic amines is 1. The summed E-state index contributed by atoms with van der Waals surface area (Å²) in [7, 11) is 0. The minimum absolute atomic E-state index is 0.120. The molecule has 3 N–H and O–H groups in total. The van der Waals surface area contributed by atoms with Crippen LogP contribution in [0.2, 0.25) is 0 Å². The molecule has 2 aromatic heterocycles. The van der Waals surface area contributed by atoms with Gasteiger partial charge in [0.25, 0.3) is 5.91 Å². The number of H-pyrrole nitrogens is 1. The molecule has 3 heterocycles. The van der Waals surface area contributed by atoms with Gasteiger partial charge in [-0.3, -0.25) is 9.89 Å². The lowest BCUT2D eigenvalue weighted by atomic mass is 10.0. The van der Waals surface area contributed by atoms with Crippen LogP contribution in [0.25, 0.3) is 34.4 Å². The van der Waals surface area contributed by atoms with Gasteiger partial charge in [-0.05, 0) is 54.1 Å². The molecule has 0 aliphatic carbocycles.